The minimum absolute atomic E-state index is 0.0787. The van der Waals surface area contributed by atoms with Crippen molar-refractivity contribution in [2.75, 3.05) is 6.54 Å². The number of rotatable bonds is 6. The van der Waals surface area contributed by atoms with Crippen molar-refractivity contribution in [2.45, 2.75) is 45.7 Å². The normalized spacial score (nSPS) is 16.0. The molecule has 1 heterocycles. The Bertz CT molecular complexity index is 549. The molecule has 1 atom stereocenters. The zero-order valence-corrected chi connectivity index (χ0v) is 14.1. The first-order valence-corrected chi connectivity index (χ1v) is 8.01. The van der Waals surface area contributed by atoms with Crippen molar-refractivity contribution < 1.29 is 14.7 Å². The molecule has 0 aromatic carbocycles. The number of carboxylic acid groups (broad SMARTS) is 1. The third kappa shape index (κ3) is 3.67. The zero-order valence-electron chi connectivity index (χ0n) is 12.5. The third-order valence-electron chi connectivity index (χ3n) is 3.73. The van der Waals surface area contributed by atoms with Crippen LogP contribution in [-0.4, -0.2) is 39.0 Å². The summed E-state index contributed by atoms with van der Waals surface area (Å²) >= 11 is 3.41. The van der Waals surface area contributed by atoms with Crippen LogP contribution >= 0.6 is 15.9 Å². The van der Waals surface area contributed by atoms with E-state index in [4.69, 9.17) is 5.11 Å². The lowest BCUT2D eigenvalue weighted by molar-refractivity contribution is -0.141. The number of nitrogens with zero attached hydrogens (tertiary/aromatic N) is 2. The standard InChI is InChI=1S/C15H21BrN2O3/c1-9(2)17-8-11(16)6-13(17)14(19)18(12-4-5-12)7-10(3)15(20)21/h6,8-10,12H,4-5,7H2,1-3H3,(H,20,21)/t10-/m1/s1. The smallest absolute Gasteiger partial charge is 0.308 e. The second kappa shape index (κ2) is 6.22. The maximum atomic E-state index is 12.8. The average Bonchev–Trinajstić information content (AvgIpc) is 3.16. The number of halogens is 1. The number of amides is 1. The van der Waals surface area contributed by atoms with Crippen molar-refractivity contribution in [2.24, 2.45) is 5.92 Å². The van der Waals surface area contributed by atoms with Gasteiger partial charge in [-0.1, -0.05) is 6.92 Å². The summed E-state index contributed by atoms with van der Waals surface area (Å²) in [7, 11) is 0. The van der Waals surface area contributed by atoms with Crippen LogP contribution in [0, 0.1) is 5.92 Å². The second-order valence-corrected chi connectivity index (χ2v) is 6.89. The monoisotopic (exact) mass is 356 g/mol. The number of carbonyl (C=O) groups excluding carboxylic acids is 1. The molecule has 6 heteroatoms. The van der Waals surface area contributed by atoms with Gasteiger partial charge in [0.2, 0.25) is 0 Å². The summed E-state index contributed by atoms with van der Waals surface area (Å²) in [6.45, 7) is 5.94. The van der Waals surface area contributed by atoms with E-state index >= 15 is 0 Å². The molecule has 116 valence electrons. The molecule has 0 saturated heterocycles. The van der Waals surface area contributed by atoms with Gasteiger partial charge in [-0.05, 0) is 48.7 Å². The van der Waals surface area contributed by atoms with Crippen LogP contribution < -0.4 is 0 Å². The van der Waals surface area contributed by atoms with Crippen LogP contribution in [0.25, 0.3) is 0 Å². The van der Waals surface area contributed by atoms with E-state index in [-0.39, 0.29) is 24.5 Å². The highest BCUT2D eigenvalue weighted by molar-refractivity contribution is 9.10. The fraction of sp³-hybridized carbons (Fsp3) is 0.600. The molecule has 1 aromatic rings. The van der Waals surface area contributed by atoms with Crippen molar-refractivity contribution in [1.29, 1.82) is 0 Å². The molecular weight excluding hydrogens is 336 g/mol. The molecule has 21 heavy (non-hydrogen) atoms. The summed E-state index contributed by atoms with van der Waals surface area (Å²) in [6, 6.07) is 2.17. The summed E-state index contributed by atoms with van der Waals surface area (Å²) in [5.41, 5.74) is 0.612. The fourth-order valence-electron chi connectivity index (χ4n) is 2.35. The van der Waals surface area contributed by atoms with Gasteiger partial charge in [-0.15, -0.1) is 0 Å². The van der Waals surface area contributed by atoms with Crippen LogP contribution in [0.3, 0.4) is 0 Å². The van der Waals surface area contributed by atoms with E-state index in [0.717, 1.165) is 17.3 Å². The van der Waals surface area contributed by atoms with E-state index in [1.54, 1.807) is 11.8 Å². The molecule has 0 radical (unpaired) electrons. The number of hydrogen-bond donors (Lipinski definition) is 1. The van der Waals surface area contributed by atoms with Gasteiger partial charge in [0.05, 0.1) is 5.92 Å². The molecule has 1 aromatic heterocycles. The first-order chi connectivity index (χ1) is 9.81. The Morgan fingerprint density at radius 3 is 2.52 bits per heavy atom. The van der Waals surface area contributed by atoms with Crippen molar-refractivity contribution in [3.8, 4) is 0 Å². The summed E-state index contributed by atoms with van der Waals surface area (Å²) in [4.78, 5) is 25.6. The van der Waals surface area contributed by atoms with Gasteiger partial charge in [0.25, 0.3) is 5.91 Å². The van der Waals surface area contributed by atoms with Crippen molar-refractivity contribution in [1.82, 2.24) is 9.47 Å². The van der Waals surface area contributed by atoms with Crippen molar-refractivity contribution >= 4 is 27.8 Å². The van der Waals surface area contributed by atoms with Gasteiger partial charge in [0.1, 0.15) is 5.69 Å². The Labute approximate surface area is 133 Å². The van der Waals surface area contributed by atoms with Crippen LogP contribution in [0.1, 0.15) is 50.1 Å². The van der Waals surface area contributed by atoms with E-state index < -0.39 is 11.9 Å². The molecule has 1 amide bonds. The Hall–Kier alpha value is -1.30. The fourth-order valence-corrected chi connectivity index (χ4v) is 2.79. The average molecular weight is 357 g/mol. The molecule has 2 rings (SSSR count). The van der Waals surface area contributed by atoms with Gasteiger partial charge in [0.15, 0.2) is 0 Å². The predicted molar refractivity (Wildman–Crippen MR) is 83.4 cm³/mol. The van der Waals surface area contributed by atoms with Gasteiger partial charge >= 0.3 is 5.97 Å². The first-order valence-electron chi connectivity index (χ1n) is 7.22. The highest BCUT2D eigenvalue weighted by atomic mass is 79.9. The SMILES string of the molecule is CC(C)n1cc(Br)cc1C(=O)N(C[C@@H](C)C(=O)O)C1CC1. The Morgan fingerprint density at radius 2 is 2.05 bits per heavy atom. The third-order valence-corrected chi connectivity index (χ3v) is 4.16. The zero-order chi connectivity index (χ0) is 15.7. The summed E-state index contributed by atoms with van der Waals surface area (Å²) in [6.07, 6.45) is 3.81. The van der Waals surface area contributed by atoms with Crippen LogP contribution in [0.4, 0.5) is 0 Å². The molecule has 0 spiro atoms. The highest BCUT2D eigenvalue weighted by Crippen LogP contribution is 2.30. The van der Waals surface area contributed by atoms with Crippen LogP contribution in [-0.2, 0) is 4.79 Å². The molecule has 5 nitrogen and oxygen atoms in total. The first kappa shape index (κ1) is 16.1. The van der Waals surface area contributed by atoms with Crippen LogP contribution in [0.15, 0.2) is 16.7 Å². The summed E-state index contributed by atoms with van der Waals surface area (Å²) in [5.74, 6) is -1.50. The lowest BCUT2D eigenvalue weighted by Crippen LogP contribution is -2.39. The second-order valence-electron chi connectivity index (χ2n) is 5.97. The molecule has 1 aliphatic carbocycles. The molecule has 1 saturated carbocycles. The van der Waals surface area contributed by atoms with Gasteiger partial charge in [-0.25, -0.2) is 0 Å². The van der Waals surface area contributed by atoms with Gasteiger partial charge < -0.3 is 14.6 Å². The topological polar surface area (TPSA) is 62.5 Å². The maximum absolute atomic E-state index is 12.8. The van der Waals surface area contributed by atoms with E-state index in [0.29, 0.717) is 5.69 Å². The van der Waals surface area contributed by atoms with E-state index in [2.05, 4.69) is 15.9 Å². The quantitative estimate of drug-likeness (QED) is 0.851. The van der Waals surface area contributed by atoms with E-state index in [1.165, 1.54) is 0 Å². The molecule has 1 aliphatic rings. The molecule has 1 fully saturated rings. The molecular formula is C15H21BrN2O3. The maximum Gasteiger partial charge on any atom is 0.308 e. The molecule has 0 bridgehead atoms. The summed E-state index contributed by atoms with van der Waals surface area (Å²) in [5, 5.41) is 9.08. The van der Waals surface area contributed by atoms with Gasteiger partial charge in [-0.3, -0.25) is 9.59 Å². The number of aromatic nitrogens is 1. The lowest BCUT2D eigenvalue weighted by Gasteiger charge is -2.25. The minimum Gasteiger partial charge on any atom is -0.481 e. The van der Waals surface area contributed by atoms with Crippen molar-refractivity contribution in [3.05, 3.63) is 22.4 Å². The summed E-state index contributed by atoms with van der Waals surface area (Å²) < 4.78 is 2.79. The minimum atomic E-state index is -0.867. The van der Waals surface area contributed by atoms with E-state index in [9.17, 15) is 9.59 Å². The highest BCUT2D eigenvalue weighted by Gasteiger charge is 2.36. The predicted octanol–water partition coefficient (Wildman–Crippen LogP) is 3.16. The van der Waals surface area contributed by atoms with E-state index in [1.807, 2.05) is 30.7 Å². The Kier molecular flexibility index (Phi) is 4.76. The largest absolute Gasteiger partial charge is 0.481 e. The molecule has 1 N–H and O–H groups in total. The number of hydrogen-bond acceptors (Lipinski definition) is 2. The Balaban J connectivity index is 2.24. The number of carbonyl (C=O) groups is 2. The molecule has 0 aliphatic heterocycles. The number of aliphatic carboxylic acids is 1. The lowest BCUT2D eigenvalue weighted by atomic mass is 10.1. The number of carboxylic acids is 1. The Morgan fingerprint density at radius 1 is 1.43 bits per heavy atom. The molecule has 0 unspecified atom stereocenters. The van der Waals surface area contributed by atoms with Crippen LogP contribution in [0.2, 0.25) is 0 Å². The van der Waals surface area contributed by atoms with Crippen LogP contribution in [0.5, 0.6) is 0 Å². The van der Waals surface area contributed by atoms with Gasteiger partial charge in [0, 0.05) is 29.3 Å². The van der Waals surface area contributed by atoms with Crippen molar-refractivity contribution in [3.63, 3.8) is 0 Å². The van der Waals surface area contributed by atoms with Gasteiger partial charge in [-0.2, -0.15) is 0 Å².